The summed E-state index contributed by atoms with van der Waals surface area (Å²) in [5.41, 5.74) is 2.64. The number of nitrogens with one attached hydrogen (secondary N) is 1. The van der Waals surface area contributed by atoms with Gasteiger partial charge in [0.05, 0.1) is 6.10 Å². The number of aliphatic hydroxyl groups is 1. The molecule has 0 bridgehead atoms. The molecule has 0 radical (unpaired) electrons. The predicted molar refractivity (Wildman–Crippen MR) is 108 cm³/mol. The molecule has 0 saturated carbocycles. The molecule has 4 atom stereocenters. The van der Waals surface area contributed by atoms with Gasteiger partial charge in [0.1, 0.15) is 0 Å². The van der Waals surface area contributed by atoms with Crippen LogP contribution in [0.15, 0.2) is 60.7 Å². The summed E-state index contributed by atoms with van der Waals surface area (Å²) in [6, 6.07) is 22.0. The Morgan fingerprint density at radius 3 is 2.23 bits per heavy atom. The molecule has 3 rings (SSSR count). The van der Waals surface area contributed by atoms with E-state index < -0.39 is 0 Å². The summed E-state index contributed by atoms with van der Waals surface area (Å²) in [5, 5.41) is 14.5. The maximum Gasteiger partial charge on any atom is 0.0820 e. The lowest BCUT2D eigenvalue weighted by molar-refractivity contribution is 0.0194. The van der Waals surface area contributed by atoms with Gasteiger partial charge in [0.15, 0.2) is 0 Å². The van der Waals surface area contributed by atoms with Gasteiger partial charge in [-0.15, -0.1) is 0 Å². The van der Waals surface area contributed by atoms with Gasteiger partial charge in [-0.3, -0.25) is 4.90 Å². The summed E-state index contributed by atoms with van der Waals surface area (Å²) in [6.45, 7) is 6.19. The van der Waals surface area contributed by atoms with Crippen molar-refractivity contribution < 1.29 is 5.11 Å². The smallest absolute Gasteiger partial charge is 0.0820 e. The minimum absolute atomic E-state index is 0.158. The minimum Gasteiger partial charge on any atom is -0.390 e. The van der Waals surface area contributed by atoms with Crippen LogP contribution in [0.25, 0.3) is 0 Å². The van der Waals surface area contributed by atoms with Gasteiger partial charge in [-0.2, -0.15) is 0 Å². The molecule has 2 aromatic rings. The maximum absolute atomic E-state index is 10.8. The highest BCUT2D eigenvalue weighted by Gasteiger charge is 2.31. The second-order valence-corrected chi connectivity index (χ2v) is 7.46. The Bertz CT molecular complexity index is 646. The minimum atomic E-state index is -0.335. The van der Waals surface area contributed by atoms with Crippen molar-refractivity contribution in [1.29, 1.82) is 0 Å². The quantitative estimate of drug-likeness (QED) is 0.779. The van der Waals surface area contributed by atoms with Gasteiger partial charge in [0.2, 0.25) is 0 Å². The highest BCUT2D eigenvalue weighted by atomic mass is 16.3. The fourth-order valence-corrected chi connectivity index (χ4v) is 4.02. The van der Waals surface area contributed by atoms with E-state index in [0.717, 1.165) is 32.4 Å². The van der Waals surface area contributed by atoms with Crippen molar-refractivity contribution in [3.8, 4) is 0 Å². The van der Waals surface area contributed by atoms with E-state index in [1.165, 1.54) is 11.1 Å². The second-order valence-electron chi connectivity index (χ2n) is 7.46. The van der Waals surface area contributed by atoms with Gasteiger partial charge < -0.3 is 10.4 Å². The summed E-state index contributed by atoms with van der Waals surface area (Å²) in [6.07, 6.45) is 2.87. The van der Waals surface area contributed by atoms with Crippen molar-refractivity contribution in [2.24, 2.45) is 0 Å². The molecule has 2 unspecified atom stereocenters. The number of benzene rings is 2. The highest BCUT2D eigenvalue weighted by Crippen LogP contribution is 2.26. The van der Waals surface area contributed by atoms with Crippen molar-refractivity contribution in [3.05, 3.63) is 71.8 Å². The van der Waals surface area contributed by atoms with Crippen LogP contribution in [0.2, 0.25) is 0 Å². The molecule has 1 aliphatic rings. The molecule has 3 nitrogen and oxygen atoms in total. The van der Waals surface area contributed by atoms with Crippen molar-refractivity contribution in [2.45, 2.75) is 57.3 Å². The van der Waals surface area contributed by atoms with Gasteiger partial charge in [0, 0.05) is 31.2 Å². The topological polar surface area (TPSA) is 35.5 Å². The molecule has 2 aromatic carbocycles. The van der Waals surface area contributed by atoms with Crippen LogP contribution in [0.4, 0.5) is 0 Å². The normalized spacial score (nSPS) is 23.5. The standard InChI is InChI=1S/C23H32N2O/c1-3-10-21(20-13-8-5-9-14-20)24-22-15-16-25(17-23(22)26)18(2)19-11-6-4-7-12-19/h4-9,11-14,18,21-24,26H,3,10,15-17H2,1-2H3/t18?,21?,22-,23-/m1/s1. The molecule has 1 aliphatic heterocycles. The molecule has 0 spiro atoms. The molecule has 0 amide bonds. The largest absolute Gasteiger partial charge is 0.390 e. The average Bonchev–Trinajstić information content (AvgIpc) is 2.69. The van der Waals surface area contributed by atoms with Crippen LogP contribution in [0, 0.1) is 0 Å². The molecule has 0 aliphatic carbocycles. The number of hydrogen-bond donors (Lipinski definition) is 2. The van der Waals surface area contributed by atoms with Gasteiger partial charge in [0.25, 0.3) is 0 Å². The highest BCUT2D eigenvalue weighted by molar-refractivity contribution is 5.20. The van der Waals surface area contributed by atoms with E-state index in [4.69, 9.17) is 0 Å². The first-order valence-corrected chi connectivity index (χ1v) is 9.97. The Hall–Kier alpha value is -1.68. The Kier molecular flexibility index (Phi) is 6.84. The molecule has 2 N–H and O–H groups in total. The van der Waals surface area contributed by atoms with Crippen LogP contribution in [0.1, 0.15) is 56.3 Å². The van der Waals surface area contributed by atoms with E-state index in [0.29, 0.717) is 12.1 Å². The number of aliphatic hydroxyl groups excluding tert-OH is 1. The average molecular weight is 353 g/mol. The maximum atomic E-state index is 10.8. The first kappa shape index (κ1) is 19.1. The Morgan fingerprint density at radius 1 is 1.04 bits per heavy atom. The zero-order chi connectivity index (χ0) is 18.4. The lowest BCUT2D eigenvalue weighted by Gasteiger charge is -2.41. The Morgan fingerprint density at radius 2 is 1.65 bits per heavy atom. The summed E-state index contributed by atoms with van der Waals surface area (Å²) in [5.74, 6) is 0. The molecule has 3 heteroatoms. The van der Waals surface area contributed by atoms with E-state index in [2.05, 4.69) is 84.7 Å². The van der Waals surface area contributed by atoms with E-state index in [1.807, 2.05) is 0 Å². The molecule has 1 fully saturated rings. The molecule has 26 heavy (non-hydrogen) atoms. The summed E-state index contributed by atoms with van der Waals surface area (Å²) in [7, 11) is 0. The van der Waals surface area contributed by atoms with Crippen LogP contribution < -0.4 is 5.32 Å². The summed E-state index contributed by atoms with van der Waals surface area (Å²) < 4.78 is 0. The third-order valence-corrected chi connectivity index (χ3v) is 5.64. The molecule has 1 saturated heterocycles. The summed E-state index contributed by atoms with van der Waals surface area (Å²) in [4.78, 5) is 2.40. The number of likely N-dealkylation sites (tertiary alicyclic amines) is 1. The van der Waals surface area contributed by atoms with Gasteiger partial charge >= 0.3 is 0 Å². The van der Waals surface area contributed by atoms with E-state index >= 15 is 0 Å². The molecular formula is C23H32N2O. The third-order valence-electron chi connectivity index (χ3n) is 5.64. The molecule has 1 heterocycles. The Balaban J connectivity index is 1.61. The molecule has 140 valence electrons. The number of β-amino-alcohol motifs (C(OH)–C–C–N with tert-alkyl or cyclic N) is 1. The SMILES string of the molecule is CCCC(N[C@@H]1CCN(C(C)c2ccccc2)C[C@H]1O)c1ccccc1. The first-order chi connectivity index (χ1) is 12.7. The fourth-order valence-electron chi connectivity index (χ4n) is 4.02. The van der Waals surface area contributed by atoms with Crippen molar-refractivity contribution in [2.75, 3.05) is 13.1 Å². The lowest BCUT2D eigenvalue weighted by Crippen LogP contribution is -2.53. The van der Waals surface area contributed by atoms with Crippen LogP contribution in [0.5, 0.6) is 0 Å². The van der Waals surface area contributed by atoms with Crippen LogP contribution >= 0.6 is 0 Å². The van der Waals surface area contributed by atoms with Gasteiger partial charge in [-0.05, 0) is 30.9 Å². The van der Waals surface area contributed by atoms with E-state index in [1.54, 1.807) is 0 Å². The van der Waals surface area contributed by atoms with Gasteiger partial charge in [-0.25, -0.2) is 0 Å². The van der Waals surface area contributed by atoms with Crippen molar-refractivity contribution >= 4 is 0 Å². The zero-order valence-electron chi connectivity index (χ0n) is 16.0. The predicted octanol–water partition coefficient (Wildman–Crippen LogP) is 4.31. The van der Waals surface area contributed by atoms with Crippen molar-refractivity contribution in [3.63, 3.8) is 0 Å². The number of hydrogen-bond acceptors (Lipinski definition) is 3. The van der Waals surface area contributed by atoms with Crippen molar-refractivity contribution in [1.82, 2.24) is 10.2 Å². The summed E-state index contributed by atoms with van der Waals surface area (Å²) >= 11 is 0. The number of nitrogens with zero attached hydrogens (tertiary/aromatic N) is 1. The number of rotatable bonds is 7. The zero-order valence-corrected chi connectivity index (χ0v) is 16.0. The van der Waals surface area contributed by atoms with Crippen LogP contribution in [-0.2, 0) is 0 Å². The molecular weight excluding hydrogens is 320 g/mol. The molecule has 0 aromatic heterocycles. The lowest BCUT2D eigenvalue weighted by atomic mass is 9.95. The monoisotopic (exact) mass is 352 g/mol. The van der Waals surface area contributed by atoms with Crippen LogP contribution in [-0.4, -0.2) is 35.2 Å². The number of piperidine rings is 1. The fraction of sp³-hybridized carbons (Fsp3) is 0.478. The first-order valence-electron chi connectivity index (χ1n) is 9.97. The van der Waals surface area contributed by atoms with Crippen LogP contribution in [0.3, 0.4) is 0 Å². The Labute approximate surface area is 158 Å². The van der Waals surface area contributed by atoms with E-state index in [9.17, 15) is 5.11 Å². The van der Waals surface area contributed by atoms with E-state index in [-0.39, 0.29) is 12.1 Å². The van der Waals surface area contributed by atoms with Gasteiger partial charge in [-0.1, -0.05) is 74.0 Å². The second kappa shape index (κ2) is 9.31. The third kappa shape index (κ3) is 4.73.